The van der Waals surface area contributed by atoms with Crippen LogP contribution in [0.2, 0.25) is 0 Å². The lowest BCUT2D eigenvalue weighted by atomic mass is 10.0. The summed E-state index contributed by atoms with van der Waals surface area (Å²) in [6.07, 6.45) is 6.54. The standard InChI is InChI=1S/C15H24N4O3S/c1-12-9-17-14(10-16-12)15-11-18(7-8-22-15)13-3-5-19(6-4-13)23(2,20)21/h9-10,13,15H,3-8,11H2,1-2H3. The van der Waals surface area contributed by atoms with Gasteiger partial charge in [-0.25, -0.2) is 12.7 Å². The molecule has 1 aromatic heterocycles. The predicted molar refractivity (Wildman–Crippen MR) is 86.5 cm³/mol. The molecule has 2 fully saturated rings. The van der Waals surface area contributed by atoms with Gasteiger partial charge in [0.15, 0.2) is 0 Å². The first kappa shape index (κ1) is 16.8. The third kappa shape index (κ3) is 4.06. The van der Waals surface area contributed by atoms with Crippen molar-refractivity contribution in [2.45, 2.75) is 31.9 Å². The van der Waals surface area contributed by atoms with E-state index < -0.39 is 10.0 Å². The average molecular weight is 340 g/mol. The molecule has 0 spiro atoms. The molecule has 1 unspecified atom stereocenters. The zero-order valence-electron chi connectivity index (χ0n) is 13.7. The molecule has 0 radical (unpaired) electrons. The normalized spacial score (nSPS) is 25.6. The quantitative estimate of drug-likeness (QED) is 0.801. The van der Waals surface area contributed by atoms with Crippen LogP contribution in [0.15, 0.2) is 12.4 Å². The van der Waals surface area contributed by atoms with Crippen LogP contribution in [0, 0.1) is 6.92 Å². The molecule has 0 amide bonds. The van der Waals surface area contributed by atoms with E-state index in [1.807, 2.05) is 6.92 Å². The van der Waals surface area contributed by atoms with Crippen LogP contribution >= 0.6 is 0 Å². The molecule has 0 aromatic carbocycles. The summed E-state index contributed by atoms with van der Waals surface area (Å²) < 4.78 is 30.6. The first-order chi connectivity index (χ1) is 10.9. The minimum absolute atomic E-state index is 0.0511. The van der Waals surface area contributed by atoms with Gasteiger partial charge >= 0.3 is 0 Å². The van der Waals surface area contributed by atoms with E-state index in [0.717, 1.165) is 37.3 Å². The Morgan fingerprint density at radius 3 is 2.52 bits per heavy atom. The fraction of sp³-hybridized carbons (Fsp3) is 0.733. The summed E-state index contributed by atoms with van der Waals surface area (Å²) in [4.78, 5) is 11.1. The summed E-state index contributed by atoms with van der Waals surface area (Å²) in [5, 5.41) is 0. The molecule has 3 heterocycles. The molecule has 128 valence electrons. The van der Waals surface area contributed by atoms with Crippen molar-refractivity contribution in [3.8, 4) is 0 Å². The van der Waals surface area contributed by atoms with Crippen LogP contribution in [-0.4, -0.2) is 72.7 Å². The van der Waals surface area contributed by atoms with Gasteiger partial charge in [-0.3, -0.25) is 14.9 Å². The number of rotatable bonds is 3. The van der Waals surface area contributed by atoms with Gasteiger partial charge in [0.05, 0.1) is 30.4 Å². The minimum atomic E-state index is -3.07. The molecule has 1 atom stereocenters. The third-order valence-electron chi connectivity index (χ3n) is 4.64. The second-order valence-corrected chi connectivity index (χ2v) is 8.31. The lowest BCUT2D eigenvalue weighted by molar-refractivity contribution is -0.0529. The van der Waals surface area contributed by atoms with Crippen molar-refractivity contribution in [3.63, 3.8) is 0 Å². The van der Waals surface area contributed by atoms with Crippen molar-refractivity contribution in [3.05, 3.63) is 23.8 Å². The number of sulfonamides is 1. The van der Waals surface area contributed by atoms with E-state index >= 15 is 0 Å². The van der Waals surface area contributed by atoms with Crippen molar-refractivity contribution >= 4 is 10.0 Å². The summed E-state index contributed by atoms with van der Waals surface area (Å²) in [5.74, 6) is 0. The maximum Gasteiger partial charge on any atom is 0.211 e. The topological polar surface area (TPSA) is 75.6 Å². The smallest absolute Gasteiger partial charge is 0.211 e. The number of hydrogen-bond acceptors (Lipinski definition) is 6. The van der Waals surface area contributed by atoms with Gasteiger partial charge in [-0.2, -0.15) is 0 Å². The lowest BCUT2D eigenvalue weighted by Crippen LogP contribution is -2.50. The molecule has 0 bridgehead atoms. The molecule has 7 nitrogen and oxygen atoms in total. The molecule has 2 saturated heterocycles. The maximum absolute atomic E-state index is 11.6. The van der Waals surface area contributed by atoms with E-state index in [0.29, 0.717) is 25.7 Å². The molecule has 0 aliphatic carbocycles. The average Bonchev–Trinajstić information content (AvgIpc) is 2.55. The van der Waals surface area contributed by atoms with Gasteiger partial charge in [0.25, 0.3) is 0 Å². The van der Waals surface area contributed by atoms with E-state index in [9.17, 15) is 8.42 Å². The Morgan fingerprint density at radius 1 is 1.17 bits per heavy atom. The maximum atomic E-state index is 11.6. The lowest BCUT2D eigenvalue weighted by Gasteiger charge is -2.41. The molecule has 0 saturated carbocycles. The minimum Gasteiger partial charge on any atom is -0.369 e. The van der Waals surface area contributed by atoms with Gasteiger partial charge < -0.3 is 4.74 Å². The molecular formula is C15H24N4O3S. The van der Waals surface area contributed by atoms with Crippen molar-refractivity contribution in [2.24, 2.45) is 0 Å². The summed E-state index contributed by atoms with van der Waals surface area (Å²) in [7, 11) is -3.07. The summed E-state index contributed by atoms with van der Waals surface area (Å²) in [6.45, 7) is 5.49. The van der Waals surface area contributed by atoms with Crippen LogP contribution in [-0.2, 0) is 14.8 Å². The molecule has 23 heavy (non-hydrogen) atoms. The van der Waals surface area contributed by atoms with Gasteiger partial charge in [0, 0.05) is 38.4 Å². The Hall–Kier alpha value is -1.09. The predicted octanol–water partition coefficient (Wildman–Crippen LogP) is 0.582. The first-order valence-electron chi connectivity index (χ1n) is 8.03. The molecule has 1 aromatic rings. The zero-order chi connectivity index (χ0) is 16.4. The molecule has 2 aliphatic heterocycles. The van der Waals surface area contributed by atoms with E-state index in [1.54, 1.807) is 16.7 Å². The Morgan fingerprint density at radius 2 is 1.91 bits per heavy atom. The summed E-state index contributed by atoms with van der Waals surface area (Å²) in [5.41, 5.74) is 1.77. The number of aromatic nitrogens is 2. The van der Waals surface area contributed by atoms with Gasteiger partial charge in [-0.05, 0) is 19.8 Å². The number of ether oxygens (including phenoxy) is 1. The van der Waals surface area contributed by atoms with Gasteiger partial charge in [0.2, 0.25) is 10.0 Å². The number of aryl methyl sites for hydroxylation is 1. The number of hydrogen-bond donors (Lipinski definition) is 0. The van der Waals surface area contributed by atoms with Crippen LogP contribution < -0.4 is 0 Å². The molecule has 0 N–H and O–H groups in total. The van der Waals surface area contributed by atoms with Crippen molar-refractivity contribution < 1.29 is 13.2 Å². The van der Waals surface area contributed by atoms with E-state index in [-0.39, 0.29) is 6.10 Å². The van der Waals surface area contributed by atoms with Gasteiger partial charge in [0.1, 0.15) is 6.10 Å². The highest BCUT2D eigenvalue weighted by Crippen LogP contribution is 2.25. The second kappa shape index (κ2) is 6.80. The van der Waals surface area contributed by atoms with Gasteiger partial charge in [-0.1, -0.05) is 0 Å². The van der Waals surface area contributed by atoms with Crippen LogP contribution in [0.5, 0.6) is 0 Å². The molecule has 2 aliphatic rings. The van der Waals surface area contributed by atoms with E-state index in [1.165, 1.54) is 6.26 Å². The Labute approximate surface area is 137 Å². The number of piperidine rings is 1. The molecule has 3 rings (SSSR count). The van der Waals surface area contributed by atoms with Crippen LogP contribution in [0.1, 0.15) is 30.3 Å². The van der Waals surface area contributed by atoms with Crippen molar-refractivity contribution in [1.82, 2.24) is 19.2 Å². The molecule has 8 heteroatoms. The Kier molecular flexibility index (Phi) is 4.96. The highest BCUT2D eigenvalue weighted by Gasteiger charge is 2.32. The van der Waals surface area contributed by atoms with Crippen molar-refractivity contribution in [2.75, 3.05) is 39.0 Å². The third-order valence-corrected chi connectivity index (χ3v) is 5.94. The largest absolute Gasteiger partial charge is 0.369 e. The number of morpholine rings is 1. The highest BCUT2D eigenvalue weighted by atomic mass is 32.2. The number of nitrogens with zero attached hydrogens (tertiary/aromatic N) is 4. The monoisotopic (exact) mass is 340 g/mol. The fourth-order valence-corrected chi connectivity index (χ4v) is 4.16. The Bertz CT molecular complexity index is 627. The summed E-state index contributed by atoms with van der Waals surface area (Å²) >= 11 is 0. The zero-order valence-corrected chi connectivity index (χ0v) is 14.5. The first-order valence-corrected chi connectivity index (χ1v) is 9.87. The van der Waals surface area contributed by atoms with Crippen LogP contribution in [0.25, 0.3) is 0 Å². The molecular weight excluding hydrogens is 316 g/mol. The van der Waals surface area contributed by atoms with Crippen molar-refractivity contribution in [1.29, 1.82) is 0 Å². The summed E-state index contributed by atoms with van der Waals surface area (Å²) in [6, 6.07) is 0.415. The SMILES string of the molecule is Cc1cnc(C2CN(C3CCN(S(C)(=O)=O)CC3)CCO2)cn1. The second-order valence-electron chi connectivity index (χ2n) is 6.33. The Balaban J connectivity index is 1.60. The fourth-order valence-electron chi connectivity index (χ4n) is 3.29. The highest BCUT2D eigenvalue weighted by molar-refractivity contribution is 7.88. The van der Waals surface area contributed by atoms with E-state index in [4.69, 9.17) is 4.74 Å². The van der Waals surface area contributed by atoms with Crippen LogP contribution in [0.3, 0.4) is 0 Å². The van der Waals surface area contributed by atoms with Gasteiger partial charge in [-0.15, -0.1) is 0 Å². The van der Waals surface area contributed by atoms with Crippen LogP contribution in [0.4, 0.5) is 0 Å². The van der Waals surface area contributed by atoms with E-state index in [2.05, 4.69) is 14.9 Å².